The first kappa shape index (κ1) is 16.8. The highest BCUT2D eigenvalue weighted by Crippen LogP contribution is 2.34. The monoisotopic (exact) mass is 385 g/mol. The van der Waals surface area contributed by atoms with E-state index in [0.717, 1.165) is 5.56 Å². The summed E-state index contributed by atoms with van der Waals surface area (Å²) in [6, 6.07) is 13.1. The lowest BCUT2D eigenvalue weighted by molar-refractivity contribution is -0.122. The number of thiocarbonyl (C=S) groups is 1. The lowest BCUT2D eigenvalue weighted by Gasteiger charge is -2.11. The fraction of sp³-hybridized carbons (Fsp3) is 0.0526. The second-order valence-corrected chi connectivity index (χ2v) is 7.23. The Morgan fingerprint density at radius 2 is 1.96 bits per heavy atom. The van der Waals surface area contributed by atoms with E-state index in [-0.39, 0.29) is 11.7 Å². The molecule has 0 aliphatic carbocycles. The van der Waals surface area contributed by atoms with Crippen molar-refractivity contribution in [3.05, 3.63) is 77.0 Å². The fourth-order valence-corrected chi connectivity index (χ4v) is 3.76. The molecule has 4 rings (SSSR count). The maximum absolute atomic E-state index is 13.0. The maximum Gasteiger partial charge on any atom is 0.266 e. The van der Waals surface area contributed by atoms with Gasteiger partial charge in [-0.15, -0.1) is 0 Å². The highest BCUT2D eigenvalue weighted by atomic mass is 32.2. The highest BCUT2D eigenvalue weighted by Gasteiger charge is 2.32. The molecule has 0 spiro atoms. The molecule has 130 valence electrons. The van der Waals surface area contributed by atoms with Crippen molar-refractivity contribution in [2.75, 3.05) is 0 Å². The predicted molar refractivity (Wildman–Crippen MR) is 102 cm³/mol. The number of rotatable bonds is 4. The summed E-state index contributed by atoms with van der Waals surface area (Å²) < 4.78 is 24.5. The molecule has 2 aromatic heterocycles. The number of furan rings is 2. The standard InChI is InChI=1S/C19H12FNO3S2/c20-13-5-3-12(4-6-13)16-8-7-14(24-16)10-17-18(22)21(19(25)26-17)11-15-2-1-9-23-15/h1-10H,11H2/b17-10-. The van der Waals surface area contributed by atoms with Crippen LogP contribution in [0.2, 0.25) is 0 Å². The number of amides is 1. The van der Waals surface area contributed by atoms with Crippen LogP contribution in [0.25, 0.3) is 17.4 Å². The van der Waals surface area contributed by atoms with Gasteiger partial charge in [-0.05, 0) is 48.5 Å². The number of carbonyl (C=O) groups excluding carboxylic acids is 1. The molecule has 1 saturated heterocycles. The average Bonchev–Trinajstić information content (AvgIpc) is 3.35. The van der Waals surface area contributed by atoms with Gasteiger partial charge in [0.2, 0.25) is 0 Å². The second kappa shape index (κ2) is 6.93. The largest absolute Gasteiger partial charge is 0.467 e. The molecule has 0 unspecified atom stereocenters. The molecule has 0 bridgehead atoms. The Hall–Kier alpha value is -2.64. The first-order valence-corrected chi connectivity index (χ1v) is 8.96. The first-order chi connectivity index (χ1) is 12.6. The molecular formula is C19H12FNO3S2. The minimum Gasteiger partial charge on any atom is -0.467 e. The topological polar surface area (TPSA) is 46.6 Å². The summed E-state index contributed by atoms with van der Waals surface area (Å²) in [7, 11) is 0. The van der Waals surface area contributed by atoms with Crippen LogP contribution in [0.15, 0.2) is 68.5 Å². The summed E-state index contributed by atoms with van der Waals surface area (Å²) in [6.07, 6.45) is 3.22. The number of nitrogens with zero attached hydrogens (tertiary/aromatic N) is 1. The summed E-state index contributed by atoms with van der Waals surface area (Å²) in [6.45, 7) is 0.300. The van der Waals surface area contributed by atoms with Gasteiger partial charge in [0, 0.05) is 11.6 Å². The minimum absolute atomic E-state index is 0.184. The van der Waals surface area contributed by atoms with E-state index in [0.29, 0.717) is 33.1 Å². The van der Waals surface area contributed by atoms with Gasteiger partial charge in [0.25, 0.3) is 5.91 Å². The van der Waals surface area contributed by atoms with E-state index in [2.05, 4.69) is 0 Å². The van der Waals surface area contributed by atoms with Crippen molar-refractivity contribution >= 4 is 40.3 Å². The van der Waals surface area contributed by atoms with Crippen LogP contribution in [-0.2, 0) is 11.3 Å². The normalized spacial score (nSPS) is 16.0. The minimum atomic E-state index is -0.305. The van der Waals surface area contributed by atoms with Gasteiger partial charge in [-0.2, -0.15) is 0 Å². The molecule has 3 aromatic rings. The van der Waals surface area contributed by atoms with Gasteiger partial charge in [0.1, 0.15) is 27.4 Å². The molecule has 0 saturated carbocycles. The van der Waals surface area contributed by atoms with Crippen molar-refractivity contribution in [3.63, 3.8) is 0 Å². The van der Waals surface area contributed by atoms with Crippen LogP contribution in [0, 0.1) is 5.82 Å². The van der Waals surface area contributed by atoms with E-state index in [4.69, 9.17) is 21.1 Å². The number of hydrogen-bond donors (Lipinski definition) is 0. The summed E-state index contributed by atoms with van der Waals surface area (Å²) >= 11 is 6.52. The van der Waals surface area contributed by atoms with Gasteiger partial charge in [-0.25, -0.2) is 4.39 Å². The molecule has 1 aromatic carbocycles. The lowest BCUT2D eigenvalue weighted by atomic mass is 10.2. The molecule has 1 fully saturated rings. The summed E-state index contributed by atoms with van der Waals surface area (Å²) in [5, 5.41) is 0. The van der Waals surface area contributed by atoms with E-state index in [1.54, 1.807) is 48.7 Å². The SMILES string of the molecule is O=C1/C(=C/c2ccc(-c3ccc(F)cc3)o2)SC(=S)N1Cc1ccco1. The molecule has 26 heavy (non-hydrogen) atoms. The molecule has 1 aliphatic heterocycles. The van der Waals surface area contributed by atoms with Crippen LogP contribution in [-0.4, -0.2) is 15.1 Å². The van der Waals surface area contributed by atoms with Gasteiger partial charge < -0.3 is 8.83 Å². The van der Waals surface area contributed by atoms with Crippen LogP contribution in [0.4, 0.5) is 4.39 Å². The lowest BCUT2D eigenvalue weighted by Crippen LogP contribution is -2.27. The van der Waals surface area contributed by atoms with E-state index < -0.39 is 0 Å². The Kier molecular flexibility index (Phi) is 4.48. The second-order valence-electron chi connectivity index (χ2n) is 5.56. The van der Waals surface area contributed by atoms with Crippen LogP contribution < -0.4 is 0 Å². The highest BCUT2D eigenvalue weighted by molar-refractivity contribution is 8.26. The van der Waals surface area contributed by atoms with E-state index in [1.807, 2.05) is 0 Å². The quantitative estimate of drug-likeness (QED) is 0.463. The number of benzene rings is 1. The predicted octanol–water partition coefficient (Wildman–Crippen LogP) is 5.08. The van der Waals surface area contributed by atoms with E-state index >= 15 is 0 Å². The fourth-order valence-electron chi connectivity index (χ4n) is 2.52. The molecular weight excluding hydrogens is 373 g/mol. The summed E-state index contributed by atoms with van der Waals surface area (Å²) in [5.41, 5.74) is 0.761. The zero-order valence-corrected chi connectivity index (χ0v) is 15.0. The third-order valence-electron chi connectivity index (χ3n) is 3.80. The molecule has 0 radical (unpaired) electrons. The number of thioether (sulfide) groups is 1. The van der Waals surface area contributed by atoms with Crippen molar-refractivity contribution < 1.29 is 18.0 Å². The summed E-state index contributed by atoms with van der Waals surface area (Å²) in [5.74, 6) is 1.31. The zero-order chi connectivity index (χ0) is 18.1. The Morgan fingerprint density at radius 1 is 1.15 bits per heavy atom. The average molecular weight is 385 g/mol. The van der Waals surface area contributed by atoms with Crippen LogP contribution in [0.5, 0.6) is 0 Å². The Bertz CT molecular complexity index is 990. The van der Waals surface area contributed by atoms with Crippen molar-refractivity contribution in [2.45, 2.75) is 6.54 Å². The van der Waals surface area contributed by atoms with Crippen LogP contribution in [0.1, 0.15) is 11.5 Å². The van der Waals surface area contributed by atoms with Gasteiger partial charge in [0.15, 0.2) is 0 Å². The molecule has 1 amide bonds. The van der Waals surface area contributed by atoms with Crippen LogP contribution >= 0.6 is 24.0 Å². The van der Waals surface area contributed by atoms with Gasteiger partial charge in [-0.1, -0.05) is 24.0 Å². The van der Waals surface area contributed by atoms with E-state index in [9.17, 15) is 9.18 Å². The maximum atomic E-state index is 13.0. The Morgan fingerprint density at radius 3 is 2.69 bits per heavy atom. The van der Waals surface area contributed by atoms with Crippen molar-refractivity contribution in [1.82, 2.24) is 4.90 Å². The first-order valence-electron chi connectivity index (χ1n) is 7.74. The molecule has 7 heteroatoms. The number of hydrogen-bond acceptors (Lipinski definition) is 5. The Balaban J connectivity index is 1.54. The van der Waals surface area contributed by atoms with Gasteiger partial charge >= 0.3 is 0 Å². The molecule has 3 heterocycles. The van der Waals surface area contributed by atoms with Crippen LogP contribution in [0.3, 0.4) is 0 Å². The molecule has 0 atom stereocenters. The van der Waals surface area contributed by atoms with Crippen molar-refractivity contribution in [3.8, 4) is 11.3 Å². The van der Waals surface area contributed by atoms with Gasteiger partial charge in [-0.3, -0.25) is 9.69 Å². The molecule has 0 N–H and O–H groups in total. The molecule has 1 aliphatic rings. The molecule has 4 nitrogen and oxygen atoms in total. The third-order valence-corrected chi connectivity index (χ3v) is 5.17. The van der Waals surface area contributed by atoms with E-state index in [1.165, 1.54) is 28.8 Å². The van der Waals surface area contributed by atoms with Crippen molar-refractivity contribution in [1.29, 1.82) is 0 Å². The number of halogens is 1. The number of carbonyl (C=O) groups is 1. The van der Waals surface area contributed by atoms with Crippen molar-refractivity contribution in [2.24, 2.45) is 0 Å². The Labute approximate surface area is 158 Å². The zero-order valence-electron chi connectivity index (χ0n) is 13.3. The smallest absolute Gasteiger partial charge is 0.266 e. The third kappa shape index (κ3) is 3.36. The van der Waals surface area contributed by atoms with Gasteiger partial charge in [0.05, 0.1) is 17.7 Å². The summed E-state index contributed by atoms with van der Waals surface area (Å²) in [4.78, 5) is 14.6.